The number of hydrogen-bond donors (Lipinski definition) is 1. The molecular formula is C18H16ClFNO2. The van der Waals surface area contributed by atoms with Gasteiger partial charge in [0.2, 0.25) is 6.29 Å². The van der Waals surface area contributed by atoms with Crippen LogP contribution in [0.4, 0.5) is 4.39 Å². The summed E-state index contributed by atoms with van der Waals surface area (Å²) in [6, 6.07) is 12.9. The SMILES string of the molecule is O=[C][C@@H](CCCc1ccccc1)NC(=O)c1ccc(F)c(Cl)c1. The van der Waals surface area contributed by atoms with Gasteiger partial charge in [0.25, 0.3) is 5.91 Å². The Kier molecular flexibility index (Phi) is 6.29. The van der Waals surface area contributed by atoms with Crippen molar-refractivity contribution in [3.63, 3.8) is 0 Å². The topological polar surface area (TPSA) is 46.2 Å². The second-order valence-electron chi connectivity index (χ2n) is 5.15. The van der Waals surface area contributed by atoms with Crippen LogP contribution in [0, 0.1) is 5.82 Å². The molecule has 0 spiro atoms. The van der Waals surface area contributed by atoms with E-state index in [-0.39, 0.29) is 10.6 Å². The molecule has 23 heavy (non-hydrogen) atoms. The van der Waals surface area contributed by atoms with Gasteiger partial charge in [-0.25, -0.2) is 4.39 Å². The van der Waals surface area contributed by atoms with E-state index >= 15 is 0 Å². The minimum Gasteiger partial charge on any atom is -0.342 e. The fourth-order valence-electron chi connectivity index (χ4n) is 2.19. The Bertz CT molecular complexity index is 676. The van der Waals surface area contributed by atoms with Gasteiger partial charge in [-0.3, -0.25) is 9.59 Å². The van der Waals surface area contributed by atoms with Crippen molar-refractivity contribution in [3.05, 3.63) is 70.5 Å². The third-order valence-corrected chi connectivity index (χ3v) is 3.72. The van der Waals surface area contributed by atoms with E-state index in [1.807, 2.05) is 36.6 Å². The molecule has 0 aromatic heterocycles. The highest BCUT2D eigenvalue weighted by atomic mass is 35.5. The lowest BCUT2D eigenvalue weighted by molar-refractivity contribution is 0.0944. The van der Waals surface area contributed by atoms with Gasteiger partial charge in [0.05, 0.1) is 11.1 Å². The number of aryl methyl sites for hydroxylation is 1. The lowest BCUT2D eigenvalue weighted by Gasteiger charge is -2.12. The Morgan fingerprint density at radius 2 is 1.96 bits per heavy atom. The number of amides is 1. The minimum absolute atomic E-state index is 0.131. The maximum absolute atomic E-state index is 13.1. The van der Waals surface area contributed by atoms with E-state index in [4.69, 9.17) is 11.6 Å². The molecule has 0 aliphatic rings. The molecule has 0 saturated heterocycles. The van der Waals surface area contributed by atoms with Crippen molar-refractivity contribution in [1.29, 1.82) is 0 Å². The van der Waals surface area contributed by atoms with Crippen molar-refractivity contribution in [2.75, 3.05) is 0 Å². The quantitative estimate of drug-likeness (QED) is 0.840. The van der Waals surface area contributed by atoms with E-state index in [0.29, 0.717) is 6.42 Å². The van der Waals surface area contributed by atoms with Crippen molar-refractivity contribution in [2.24, 2.45) is 0 Å². The molecule has 0 heterocycles. The summed E-state index contributed by atoms with van der Waals surface area (Å²) in [6.07, 6.45) is 3.87. The maximum Gasteiger partial charge on any atom is 0.251 e. The van der Waals surface area contributed by atoms with Crippen LogP contribution in [0.5, 0.6) is 0 Å². The van der Waals surface area contributed by atoms with Gasteiger partial charge in [0.15, 0.2) is 0 Å². The predicted molar refractivity (Wildman–Crippen MR) is 87.7 cm³/mol. The van der Waals surface area contributed by atoms with Crippen molar-refractivity contribution in [2.45, 2.75) is 25.3 Å². The van der Waals surface area contributed by atoms with Gasteiger partial charge in [-0.1, -0.05) is 41.9 Å². The zero-order chi connectivity index (χ0) is 16.7. The predicted octanol–water partition coefficient (Wildman–Crippen LogP) is 3.71. The molecule has 2 aromatic carbocycles. The Labute approximate surface area is 139 Å². The molecule has 1 amide bonds. The van der Waals surface area contributed by atoms with E-state index in [9.17, 15) is 14.0 Å². The van der Waals surface area contributed by atoms with Crippen LogP contribution in [0.15, 0.2) is 48.5 Å². The monoisotopic (exact) mass is 332 g/mol. The van der Waals surface area contributed by atoms with E-state index in [0.717, 1.165) is 18.9 Å². The van der Waals surface area contributed by atoms with E-state index < -0.39 is 17.8 Å². The average Bonchev–Trinajstić information content (AvgIpc) is 2.57. The first-order valence-corrected chi connectivity index (χ1v) is 7.65. The number of carbonyl (C=O) groups excluding carboxylic acids is 2. The molecule has 0 bridgehead atoms. The highest BCUT2D eigenvalue weighted by Gasteiger charge is 2.15. The molecule has 0 aliphatic heterocycles. The third kappa shape index (κ3) is 5.18. The smallest absolute Gasteiger partial charge is 0.251 e. The van der Waals surface area contributed by atoms with Gasteiger partial charge < -0.3 is 5.32 Å². The third-order valence-electron chi connectivity index (χ3n) is 3.43. The Morgan fingerprint density at radius 1 is 1.22 bits per heavy atom. The molecule has 1 radical (unpaired) electrons. The van der Waals surface area contributed by atoms with Gasteiger partial charge in [0.1, 0.15) is 5.82 Å². The number of rotatable bonds is 7. The Morgan fingerprint density at radius 3 is 2.61 bits per heavy atom. The van der Waals surface area contributed by atoms with Gasteiger partial charge in [-0.2, -0.15) is 0 Å². The number of halogens is 2. The van der Waals surface area contributed by atoms with Crippen LogP contribution in [-0.2, 0) is 11.2 Å². The summed E-state index contributed by atoms with van der Waals surface area (Å²) in [7, 11) is 0. The highest BCUT2D eigenvalue weighted by Crippen LogP contribution is 2.16. The first-order valence-electron chi connectivity index (χ1n) is 7.27. The standard InChI is InChI=1S/C18H16ClFNO2/c19-16-11-14(9-10-17(16)20)18(23)21-15(12-22)8-4-7-13-5-2-1-3-6-13/h1-3,5-6,9-11,15H,4,7-8H2,(H,21,23)/t15-/m1/s1. The summed E-state index contributed by atoms with van der Waals surface area (Å²) in [6.45, 7) is 0. The zero-order valence-electron chi connectivity index (χ0n) is 12.4. The summed E-state index contributed by atoms with van der Waals surface area (Å²) >= 11 is 5.65. The first-order chi connectivity index (χ1) is 11.1. The second kappa shape index (κ2) is 8.44. The van der Waals surface area contributed by atoms with Crippen LogP contribution in [0.1, 0.15) is 28.8 Å². The molecule has 3 nitrogen and oxygen atoms in total. The lowest BCUT2D eigenvalue weighted by Crippen LogP contribution is -2.36. The second-order valence-corrected chi connectivity index (χ2v) is 5.56. The zero-order valence-corrected chi connectivity index (χ0v) is 13.1. The Balaban J connectivity index is 1.87. The van der Waals surface area contributed by atoms with Crippen molar-refractivity contribution < 1.29 is 14.0 Å². The molecule has 0 unspecified atom stereocenters. The van der Waals surface area contributed by atoms with Crippen LogP contribution >= 0.6 is 11.6 Å². The summed E-state index contributed by atoms with van der Waals surface area (Å²) in [5.74, 6) is -1.07. The molecule has 0 fully saturated rings. The molecule has 0 aliphatic carbocycles. The molecule has 2 rings (SSSR count). The van der Waals surface area contributed by atoms with Crippen molar-refractivity contribution in [1.82, 2.24) is 5.32 Å². The van der Waals surface area contributed by atoms with E-state index in [1.165, 1.54) is 17.7 Å². The van der Waals surface area contributed by atoms with E-state index in [1.54, 1.807) is 0 Å². The summed E-state index contributed by atoms with van der Waals surface area (Å²) in [4.78, 5) is 23.0. The molecule has 5 heteroatoms. The lowest BCUT2D eigenvalue weighted by atomic mass is 10.0. The molecule has 1 N–H and O–H groups in total. The maximum atomic E-state index is 13.1. The van der Waals surface area contributed by atoms with Gasteiger partial charge in [-0.15, -0.1) is 0 Å². The number of nitrogens with one attached hydrogen (secondary N) is 1. The van der Waals surface area contributed by atoms with Gasteiger partial charge in [0, 0.05) is 5.56 Å². The fourth-order valence-corrected chi connectivity index (χ4v) is 2.38. The van der Waals surface area contributed by atoms with Gasteiger partial charge >= 0.3 is 0 Å². The van der Waals surface area contributed by atoms with Gasteiger partial charge in [-0.05, 0) is 43.0 Å². The number of benzene rings is 2. The van der Waals surface area contributed by atoms with Crippen LogP contribution in [0.2, 0.25) is 5.02 Å². The molecular weight excluding hydrogens is 317 g/mol. The molecule has 119 valence electrons. The largest absolute Gasteiger partial charge is 0.342 e. The molecule has 1 atom stereocenters. The fraction of sp³-hybridized carbons (Fsp3) is 0.222. The summed E-state index contributed by atoms with van der Waals surface area (Å²) in [5.41, 5.74) is 1.38. The van der Waals surface area contributed by atoms with Crippen molar-refractivity contribution >= 4 is 23.8 Å². The average molecular weight is 333 g/mol. The molecule has 2 aromatic rings. The molecule has 0 saturated carbocycles. The Hall–Kier alpha value is -2.20. The summed E-state index contributed by atoms with van der Waals surface area (Å²) < 4.78 is 13.1. The summed E-state index contributed by atoms with van der Waals surface area (Å²) in [5, 5.41) is 2.44. The van der Waals surface area contributed by atoms with Crippen molar-refractivity contribution in [3.8, 4) is 0 Å². The number of hydrogen-bond acceptors (Lipinski definition) is 2. The number of carbonyl (C=O) groups is 1. The van der Waals surface area contributed by atoms with Crippen LogP contribution in [-0.4, -0.2) is 18.2 Å². The van der Waals surface area contributed by atoms with Crippen LogP contribution < -0.4 is 5.32 Å². The first kappa shape index (κ1) is 17.2. The van der Waals surface area contributed by atoms with Crippen LogP contribution in [0.25, 0.3) is 0 Å². The minimum atomic E-state index is -0.699. The van der Waals surface area contributed by atoms with Crippen LogP contribution in [0.3, 0.4) is 0 Å². The highest BCUT2D eigenvalue weighted by molar-refractivity contribution is 6.31. The normalized spacial score (nSPS) is 11.7. The van der Waals surface area contributed by atoms with E-state index in [2.05, 4.69) is 5.32 Å².